The molecule has 1 aromatic heterocycles. The Bertz CT molecular complexity index is 763. The van der Waals surface area contributed by atoms with Crippen LogP contribution in [0, 0.1) is 0 Å². The maximum atomic E-state index is 13.2. The summed E-state index contributed by atoms with van der Waals surface area (Å²) >= 11 is 0. The number of hydrogen-bond acceptors (Lipinski definition) is 3. The Hall–Kier alpha value is -2.11. The molecule has 5 heteroatoms. The predicted octanol–water partition coefficient (Wildman–Crippen LogP) is 3.65. The minimum absolute atomic E-state index is 0.130. The summed E-state index contributed by atoms with van der Waals surface area (Å²) in [6.45, 7) is 5.07. The highest BCUT2D eigenvalue weighted by molar-refractivity contribution is 5.93. The molecular weight excluding hydrogens is 350 g/mol. The molecule has 150 valence electrons. The van der Waals surface area contributed by atoms with Crippen LogP contribution in [0.3, 0.4) is 0 Å². The van der Waals surface area contributed by atoms with Gasteiger partial charge in [-0.3, -0.25) is 4.79 Å². The molecule has 2 aromatic rings. The molecule has 2 aliphatic rings. The van der Waals surface area contributed by atoms with Crippen molar-refractivity contribution in [3.05, 3.63) is 58.9 Å². The fraction of sp³-hybridized carbons (Fsp3) is 0.522. The molecule has 1 aliphatic carbocycles. The van der Waals surface area contributed by atoms with Crippen LogP contribution in [0.5, 0.6) is 0 Å². The lowest BCUT2D eigenvalue weighted by Crippen LogP contribution is -2.46. The zero-order valence-corrected chi connectivity index (χ0v) is 16.7. The van der Waals surface area contributed by atoms with E-state index in [9.17, 15) is 4.79 Å². The molecule has 1 aromatic carbocycles. The molecule has 2 unspecified atom stereocenters. The van der Waals surface area contributed by atoms with Crippen molar-refractivity contribution in [3.8, 4) is 0 Å². The molecule has 0 spiro atoms. The Balaban J connectivity index is 1.39. The first-order chi connectivity index (χ1) is 13.7. The second-order valence-corrected chi connectivity index (χ2v) is 7.96. The fourth-order valence-electron chi connectivity index (χ4n) is 4.58. The molecule has 0 bridgehead atoms. The minimum Gasteiger partial charge on any atom is -0.376 e. The third-order valence-electron chi connectivity index (χ3n) is 6.10. The van der Waals surface area contributed by atoms with E-state index in [0.29, 0.717) is 18.7 Å². The van der Waals surface area contributed by atoms with Crippen molar-refractivity contribution >= 4 is 5.91 Å². The molecule has 4 rings (SSSR count). The van der Waals surface area contributed by atoms with Gasteiger partial charge in [-0.25, -0.2) is 0 Å². The lowest BCUT2D eigenvalue weighted by atomic mass is 9.89. The van der Waals surface area contributed by atoms with E-state index in [1.807, 2.05) is 6.07 Å². The minimum atomic E-state index is 0.130. The van der Waals surface area contributed by atoms with Crippen molar-refractivity contribution in [3.63, 3.8) is 0 Å². The molecule has 28 heavy (non-hydrogen) atoms. The number of ether oxygens (including phenoxy) is 1. The molecule has 1 fully saturated rings. The van der Waals surface area contributed by atoms with Crippen LogP contribution in [-0.4, -0.2) is 41.0 Å². The largest absolute Gasteiger partial charge is 0.376 e. The van der Waals surface area contributed by atoms with Crippen LogP contribution in [0.25, 0.3) is 0 Å². The number of H-pyrrole nitrogens is 1. The van der Waals surface area contributed by atoms with E-state index in [2.05, 4.69) is 52.5 Å². The van der Waals surface area contributed by atoms with Crippen LogP contribution in [0.15, 0.2) is 36.4 Å². The van der Waals surface area contributed by atoms with Crippen molar-refractivity contribution in [2.75, 3.05) is 13.2 Å². The molecule has 5 nitrogen and oxygen atoms in total. The van der Waals surface area contributed by atoms with Gasteiger partial charge in [0, 0.05) is 37.3 Å². The molecule has 1 aliphatic heterocycles. The third kappa shape index (κ3) is 4.31. The van der Waals surface area contributed by atoms with Crippen molar-refractivity contribution in [1.82, 2.24) is 15.2 Å². The number of fused-ring (bicyclic) bond motifs is 1. The summed E-state index contributed by atoms with van der Waals surface area (Å²) in [7, 11) is 0. The summed E-state index contributed by atoms with van der Waals surface area (Å²) in [4.78, 5) is 18.6. The number of aromatic amines is 1. The van der Waals surface area contributed by atoms with Gasteiger partial charge in [0.2, 0.25) is 0 Å². The number of amides is 1. The normalized spacial score (nSPS) is 21.9. The first-order valence-corrected chi connectivity index (χ1v) is 10.6. The molecule has 2 heterocycles. The number of nitrogens with zero attached hydrogens (tertiary/aromatic N) is 1. The van der Waals surface area contributed by atoms with Crippen molar-refractivity contribution < 1.29 is 9.53 Å². The highest BCUT2D eigenvalue weighted by Gasteiger charge is 2.30. The van der Waals surface area contributed by atoms with Gasteiger partial charge in [0.05, 0.1) is 13.2 Å². The van der Waals surface area contributed by atoms with Gasteiger partial charge in [-0.05, 0) is 49.8 Å². The Kier molecular flexibility index (Phi) is 6.13. The van der Waals surface area contributed by atoms with Gasteiger partial charge in [-0.2, -0.15) is 0 Å². The fourth-order valence-corrected chi connectivity index (χ4v) is 4.58. The first kappa shape index (κ1) is 19.2. The van der Waals surface area contributed by atoms with Gasteiger partial charge in [-0.15, -0.1) is 0 Å². The van der Waals surface area contributed by atoms with Gasteiger partial charge >= 0.3 is 0 Å². The predicted molar refractivity (Wildman–Crippen MR) is 110 cm³/mol. The molecule has 2 atom stereocenters. The monoisotopic (exact) mass is 381 g/mol. The highest BCUT2D eigenvalue weighted by Crippen LogP contribution is 2.26. The molecule has 1 amide bonds. The van der Waals surface area contributed by atoms with Crippen molar-refractivity contribution in [2.45, 2.75) is 64.3 Å². The quantitative estimate of drug-likeness (QED) is 0.803. The first-order valence-electron chi connectivity index (χ1n) is 10.6. The summed E-state index contributed by atoms with van der Waals surface area (Å²) in [6, 6.07) is 13.3. The standard InChI is InChI=1S/C23H31N3O2/c1-2-26(23(27)22-13-18-16-28-12-11-21(18)25-22)20-10-6-9-19(14-20)24-15-17-7-4-3-5-8-17/h3-5,7-8,13,19-20,24-25H,2,6,9-12,14-16H2,1H3. The number of hydrogen-bond donors (Lipinski definition) is 2. The van der Waals surface area contributed by atoms with E-state index in [0.717, 1.165) is 62.3 Å². The number of carbonyl (C=O) groups excluding carboxylic acids is 1. The topological polar surface area (TPSA) is 57.4 Å². The van der Waals surface area contributed by atoms with Crippen LogP contribution < -0.4 is 5.32 Å². The van der Waals surface area contributed by atoms with E-state index >= 15 is 0 Å². The van der Waals surface area contributed by atoms with Crippen LogP contribution >= 0.6 is 0 Å². The average Bonchev–Trinajstić information content (AvgIpc) is 3.18. The molecule has 1 saturated carbocycles. The van der Waals surface area contributed by atoms with Crippen LogP contribution in [0.2, 0.25) is 0 Å². The second kappa shape index (κ2) is 8.93. The smallest absolute Gasteiger partial charge is 0.270 e. The maximum Gasteiger partial charge on any atom is 0.270 e. The van der Waals surface area contributed by atoms with Gasteiger partial charge < -0.3 is 19.9 Å². The van der Waals surface area contributed by atoms with Gasteiger partial charge in [0.1, 0.15) is 5.69 Å². The van der Waals surface area contributed by atoms with E-state index < -0.39 is 0 Å². The Morgan fingerprint density at radius 2 is 2.14 bits per heavy atom. The second-order valence-electron chi connectivity index (χ2n) is 7.96. The number of carbonyl (C=O) groups is 1. The maximum absolute atomic E-state index is 13.2. The van der Waals surface area contributed by atoms with Crippen LogP contribution in [-0.2, 0) is 24.3 Å². The Labute approximate surface area is 167 Å². The summed E-state index contributed by atoms with van der Waals surface area (Å²) < 4.78 is 5.52. The van der Waals surface area contributed by atoms with Crippen LogP contribution in [0.4, 0.5) is 0 Å². The highest BCUT2D eigenvalue weighted by atomic mass is 16.5. The number of rotatable bonds is 6. The van der Waals surface area contributed by atoms with E-state index in [4.69, 9.17) is 4.74 Å². The summed E-state index contributed by atoms with van der Waals surface area (Å²) in [5, 5.41) is 3.70. The van der Waals surface area contributed by atoms with Crippen molar-refractivity contribution in [2.24, 2.45) is 0 Å². The lowest BCUT2D eigenvalue weighted by molar-refractivity contribution is 0.0622. The van der Waals surface area contributed by atoms with Crippen molar-refractivity contribution in [1.29, 1.82) is 0 Å². The Morgan fingerprint density at radius 1 is 1.29 bits per heavy atom. The van der Waals surface area contributed by atoms with E-state index in [1.165, 1.54) is 12.0 Å². The van der Waals surface area contributed by atoms with E-state index in [1.54, 1.807) is 0 Å². The molecule has 0 radical (unpaired) electrons. The Morgan fingerprint density at radius 3 is 2.93 bits per heavy atom. The molecular formula is C23H31N3O2. The SMILES string of the molecule is CCN(C(=O)c1cc2c([nH]1)CCOC2)C1CCCC(NCc2ccccc2)C1. The van der Waals surface area contributed by atoms with E-state index in [-0.39, 0.29) is 5.91 Å². The van der Waals surface area contributed by atoms with Gasteiger partial charge in [0.25, 0.3) is 5.91 Å². The summed E-state index contributed by atoms with van der Waals surface area (Å²) in [5.41, 5.74) is 4.33. The summed E-state index contributed by atoms with van der Waals surface area (Å²) in [5.74, 6) is 0.130. The van der Waals surface area contributed by atoms with Gasteiger partial charge in [0.15, 0.2) is 0 Å². The molecule has 0 saturated heterocycles. The number of benzene rings is 1. The third-order valence-corrected chi connectivity index (χ3v) is 6.10. The zero-order chi connectivity index (χ0) is 19.3. The van der Waals surface area contributed by atoms with Gasteiger partial charge in [-0.1, -0.05) is 30.3 Å². The summed E-state index contributed by atoms with van der Waals surface area (Å²) in [6.07, 6.45) is 5.32. The zero-order valence-electron chi connectivity index (χ0n) is 16.7. The molecule has 2 N–H and O–H groups in total. The number of aromatic nitrogens is 1. The van der Waals surface area contributed by atoms with Crippen LogP contribution in [0.1, 0.15) is 59.9 Å². The number of nitrogens with one attached hydrogen (secondary N) is 2. The average molecular weight is 382 g/mol. The lowest BCUT2D eigenvalue weighted by Gasteiger charge is -2.37.